The fourth-order valence-electron chi connectivity index (χ4n) is 6.86. The van der Waals surface area contributed by atoms with Crippen molar-refractivity contribution in [1.29, 1.82) is 0 Å². The first-order chi connectivity index (χ1) is 25.1. The van der Waals surface area contributed by atoms with Gasteiger partial charge in [0.2, 0.25) is 15.0 Å². The van der Waals surface area contributed by atoms with Crippen LogP contribution in [0.5, 0.6) is 11.5 Å². The molecule has 15 heteroatoms. The molecular formula is C38H42F4N4O6S. The van der Waals surface area contributed by atoms with E-state index in [0.717, 1.165) is 23.3 Å². The molecule has 0 saturated carbocycles. The standard InChI is InChI=1S/C38H42F4N4O6S/c1-5-53(48,49)36-43-30-19-32(52-22-28(30)35(44-36)45-18-6-17-37(2,47)23-45)33-29(38(40,41)42)15-16-31(34(33)39)46(20-24-7-11-26(50-3)12-8-24)21-25-9-13-27(51-4)14-10-25/h7-16,32,47H,5-6,17-23H2,1-4H3. The summed E-state index contributed by atoms with van der Waals surface area (Å²) in [6.45, 7) is 3.70. The lowest BCUT2D eigenvalue weighted by atomic mass is 9.92. The number of fused-ring (bicyclic) bond motifs is 1. The summed E-state index contributed by atoms with van der Waals surface area (Å²) in [7, 11) is -0.894. The van der Waals surface area contributed by atoms with Gasteiger partial charge in [0.1, 0.15) is 17.3 Å². The molecule has 53 heavy (non-hydrogen) atoms. The number of anilines is 2. The molecule has 4 aromatic rings. The maximum Gasteiger partial charge on any atom is 0.416 e. The molecule has 3 aromatic carbocycles. The molecule has 2 aliphatic heterocycles. The van der Waals surface area contributed by atoms with Crippen molar-refractivity contribution >= 4 is 21.3 Å². The van der Waals surface area contributed by atoms with E-state index in [1.54, 1.807) is 65.3 Å². The zero-order valence-corrected chi connectivity index (χ0v) is 30.7. The summed E-state index contributed by atoms with van der Waals surface area (Å²) in [6.07, 6.45) is -5.63. The molecular weight excluding hydrogens is 716 g/mol. The highest BCUT2D eigenvalue weighted by Crippen LogP contribution is 2.44. The molecule has 1 N–H and O–H groups in total. The van der Waals surface area contributed by atoms with E-state index in [2.05, 4.69) is 9.97 Å². The topological polar surface area (TPSA) is 114 Å². The van der Waals surface area contributed by atoms with E-state index in [0.29, 0.717) is 36.4 Å². The van der Waals surface area contributed by atoms with Crippen LogP contribution >= 0.6 is 0 Å². The van der Waals surface area contributed by atoms with E-state index in [9.17, 15) is 26.7 Å². The highest BCUT2D eigenvalue weighted by Gasteiger charge is 2.41. The lowest BCUT2D eigenvalue weighted by Crippen LogP contribution is -2.47. The number of benzene rings is 3. The van der Waals surface area contributed by atoms with Gasteiger partial charge >= 0.3 is 6.18 Å². The molecule has 6 rings (SSSR count). The van der Waals surface area contributed by atoms with Crippen molar-refractivity contribution in [2.45, 2.75) is 75.8 Å². The SMILES string of the molecule is CCS(=O)(=O)c1nc2c(c(N3CCCC(C)(O)C3)n1)COC(c1c(C(F)(F)F)ccc(N(Cc3ccc(OC)cc3)Cc3ccc(OC)cc3)c1F)C2. The number of nitrogens with zero attached hydrogens (tertiary/aromatic N) is 4. The molecule has 10 nitrogen and oxygen atoms in total. The number of ether oxygens (including phenoxy) is 3. The number of hydrogen-bond donors (Lipinski definition) is 1. The fourth-order valence-corrected chi connectivity index (χ4v) is 7.60. The maximum absolute atomic E-state index is 17.1. The Hall–Kier alpha value is -4.47. The molecule has 1 fully saturated rings. The lowest BCUT2D eigenvalue weighted by Gasteiger charge is -2.39. The minimum Gasteiger partial charge on any atom is -0.497 e. The Morgan fingerprint density at radius 2 is 1.58 bits per heavy atom. The monoisotopic (exact) mass is 758 g/mol. The summed E-state index contributed by atoms with van der Waals surface area (Å²) in [6, 6.07) is 16.2. The van der Waals surface area contributed by atoms with Crippen molar-refractivity contribution in [3.8, 4) is 11.5 Å². The van der Waals surface area contributed by atoms with Crippen molar-refractivity contribution < 1.29 is 45.3 Å². The second kappa shape index (κ2) is 15.1. The largest absolute Gasteiger partial charge is 0.497 e. The predicted octanol–water partition coefficient (Wildman–Crippen LogP) is 6.82. The van der Waals surface area contributed by atoms with Crippen LogP contribution in [0.25, 0.3) is 0 Å². The molecule has 1 saturated heterocycles. The molecule has 1 aromatic heterocycles. The van der Waals surface area contributed by atoms with Gasteiger partial charge in [-0.1, -0.05) is 31.2 Å². The molecule has 0 amide bonds. The Bertz CT molecular complexity index is 1990. The molecule has 0 spiro atoms. The Labute approximate surface area is 306 Å². The van der Waals surface area contributed by atoms with Gasteiger partial charge in [0.15, 0.2) is 5.82 Å². The maximum atomic E-state index is 17.1. The molecule has 2 aliphatic rings. The first kappa shape index (κ1) is 38.3. The average Bonchev–Trinajstić information content (AvgIpc) is 3.13. The van der Waals surface area contributed by atoms with Gasteiger partial charge in [0, 0.05) is 43.7 Å². The normalized spacial score (nSPS) is 19.1. The molecule has 284 valence electrons. The molecule has 2 atom stereocenters. The van der Waals surface area contributed by atoms with Crippen LogP contribution in [0.2, 0.25) is 0 Å². The van der Waals surface area contributed by atoms with E-state index >= 15 is 4.39 Å². The van der Waals surface area contributed by atoms with Crippen LogP contribution in [0.4, 0.5) is 29.1 Å². The average molecular weight is 759 g/mol. The zero-order chi connectivity index (χ0) is 38.1. The van der Waals surface area contributed by atoms with Crippen molar-refractivity contribution in [2.75, 3.05) is 42.9 Å². The van der Waals surface area contributed by atoms with Crippen molar-refractivity contribution in [2.24, 2.45) is 0 Å². The summed E-state index contributed by atoms with van der Waals surface area (Å²) in [4.78, 5) is 12.1. The lowest BCUT2D eigenvalue weighted by molar-refractivity contribution is -0.140. The van der Waals surface area contributed by atoms with Crippen LogP contribution in [-0.4, -0.2) is 62.2 Å². The van der Waals surface area contributed by atoms with E-state index in [4.69, 9.17) is 14.2 Å². The van der Waals surface area contributed by atoms with Gasteiger partial charge in [-0.05, 0) is 67.3 Å². The van der Waals surface area contributed by atoms with Gasteiger partial charge < -0.3 is 29.1 Å². The highest BCUT2D eigenvalue weighted by atomic mass is 32.2. The first-order valence-corrected chi connectivity index (χ1v) is 18.9. The quantitative estimate of drug-likeness (QED) is 0.129. The Balaban J connectivity index is 1.44. The molecule has 0 radical (unpaired) electrons. The van der Waals surface area contributed by atoms with E-state index in [1.165, 1.54) is 21.1 Å². The number of β-amino-alcohol motifs (C(OH)–C–C–N with tert-alkyl or cyclic N) is 1. The predicted molar refractivity (Wildman–Crippen MR) is 190 cm³/mol. The minimum atomic E-state index is -4.94. The summed E-state index contributed by atoms with van der Waals surface area (Å²) < 4.78 is 104. The third kappa shape index (κ3) is 8.36. The number of aliphatic hydroxyl groups is 1. The van der Waals surface area contributed by atoms with E-state index in [-0.39, 0.29) is 55.6 Å². The number of piperidine rings is 1. The van der Waals surface area contributed by atoms with Crippen LogP contribution in [0.1, 0.15) is 66.3 Å². The van der Waals surface area contributed by atoms with Crippen molar-refractivity contribution in [3.63, 3.8) is 0 Å². The van der Waals surface area contributed by atoms with Gasteiger partial charge in [-0.25, -0.2) is 22.8 Å². The van der Waals surface area contributed by atoms with Crippen LogP contribution < -0.4 is 19.3 Å². The third-order valence-corrected chi connectivity index (χ3v) is 11.2. The third-order valence-electron chi connectivity index (χ3n) is 9.68. The van der Waals surface area contributed by atoms with Crippen molar-refractivity contribution in [3.05, 3.63) is 100.0 Å². The van der Waals surface area contributed by atoms with E-state index < -0.39 is 49.8 Å². The molecule has 3 heterocycles. The Morgan fingerprint density at radius 3 is 2.11 bits per heavy atom. The highest BCUT2D eigenvalue weighted by molar-refractivity contribution is 7.91. The summed E-state index contributed by atoms with van der Waals surface area (Å²) >= 11 is 0. The molecule has 0 bridgehead atoms. The van der Waals surface area contributed by atoms with Gasteiger partial charge in [-0.15, -0.1) is 0 Å². The Morgan fingerprint density at radius 1 is 0.981 bits per heavy atom. The van der Waals surface area contributed by atoms with Gasteiger partial charge in [0.05, 0.1) is 55.2 Å². The number of rotatable bonds is 11. The smallest absolute Gasteiger partial charge is 0.416 e. The second-order valence-electron chi connectivity index (χ2n) is 13.6. The fraction of sp³-hybridized carbons (Fsp3) is 0.421. The number of hydrogen-bond acceptors (Lipinski definition) is 10. The number of aromatic nitrogens is 2. The number of alkyl halides is 3. The number of halogens is 4. The van der Waals surface area contributed by atoms with Gasteiger partial charge in [-0.2, -0.15) is 13.2 Å². The number of sulfone groups is 1. The van der Waals surface area contributed by atoms with Crippen LogP contribution in [0, 0.1) is 5.82 Å². The summed E-state index contributed by atoms with van der Waals surface area (Å²) in [5.74, 6) is 0.0334. The Kier molecular flexibility index (Phi) is 10.9. The molecule has 2 unspecified atom stereocenters. The zero-order valence-electron chi connectivity index (χ0n) is 29.9. The van der Waals surface area contributed by atoms with Gasteiger partial charge in [-0.3, -0.25) is 0 Å². The number of methoxy groups -OCH3 is 2. The van der Waals surface area contributed by atoms with Crippen LogP contribution in [0.3, 0.4) is 0 Å². The minimum absolute atomic E-state index is 0.0813. The van der Waals surface area contributed by atoms with E-state index in [1.807, 2.05) is 0 Å². The van der Waals surface area contributed by atoms with Crippen LogP contribution in [-0.2, 0) is 46.9 Å². The second-order valence-corrected chi connectivity index (χ2v) is 15.8. The van der Waals surface area contributed by atoms with Crippen LogP contribution in [0.15, 0.2) is 65.8 Å². The summed E-state index contributed by atoms with van der Waals surface area (Å²) in [5, 5.41) is 10.3. The van der Waals surface area contributed by atoms with Gasteiger partial charge in [0.25, 0.3) is 0 Å². The molecule has 0 aliphatic carbocycles. The first-order valence-electron chi connectivity index (χ1n) is 17.2. The van der Waals surface area contributed by atoms with Crippen molar-refractivity contribution in [1.82, 2.24) is 9.97 Å². The summed E-state index contributed by atoms with van der Waals surface area (Å²) in [5.41, 5.74) is -1.01.